The second kappa shape index (κ2) is 4.85. The number of hydrogen-bond donors (Lipinski definition) is 1. The minimum Gasteiger partial charge on any atom is -0.333 e. The maximum absolute atomic E-state index is 5.01. The summed E-state index contributed by atoms with van der Waals surface area (Å²) in [6, 6.07) is 10.3. The maximum Gasteiger partial charge on any atom is 0.197 e. The molecule has 2 nitrogen and oxygen atoms in total. The van der Waals surface area contributed by atoms with Crippen molar-refractivity contribution in [2.45, 2.75) is 6.42 Å². The van der Waals surface area contributed by atoms with Gasteiger partial charge in [0.1, 0.15) is 0 Å². The van der Waals surface area contributed by atoms with Gasteiger partial charge in [0.05, 0.1) is 3.57 Å². The SMILES string of the molecule is S=c1ncc(I)c(Cc2ccccc2)[nH]1. The van der Waals surface area contributed by atoms with Crippen LogP contribution < -0.4 is 0 Å². The van der Waals surface area contributed by atoms with Gasteiger partial charge in [-0.05, 0) is 40.4 Å². The predicted molar refractivity (Wildman–Crippen MR) is 71.4 cm³/mol. The van der Waals surface area contributed by atoms with Gasteiger partial charge in [0.2, 0.25) is 0 Å². The molecule has 0 spiro atoms. The standard InChI is InChI=1S/C11H9IN2S/c12-9-7-13-11(15)14-10(9)6-8-4-2-1-3-5-8/h1-5,7H,6H2,(H,13,14,15). The number of aromatic nitrogens is 2. The third-order valence-corrected chi connectivity index (χ3v) is 3.20. The van der Waals surface area contributed by atoms with Crippen LogP contribution in [0.3, 0.4) is 0 Å². The number of nitrogens with zero attached hydrogens (tertiary/aromatic N) is 1. The first-order chi connectivity index (χ1) is 7.25. The van der Waals surface area contributed by atoms with E-state index in [1.165, 1.54) is 5.56 Å². The minimum atomic E-state index is 0.543. The van der Waals surface area contributed by atoms with E-state index in [0.717, 1.165) is 15.7 Å². The lowest BCUT2D eigenvalue weighted by Gasteiger charge is -2.03. The number of rotatable bonds is 2. The van der Waals surface area contributed by atoms with Crippen molar-refractivity contribution in [3.8, 4) is 0 Å². The predicted octanol–water partition coefficient (Wildman–Crippen LogP) is 3.33. The molecule has 2 rings (SSSR count). The van der Waals surface area contributed by atoms with E-state index in [1.807, 2.05) is 18.2 Å². The van der Waals surface area contributed by atoms with Crippen molar-refractivity contribution in [1.29, 1.82) is 0 Å². The van der Waals surface area contributed by atoms with Crippen LogP contribution in [0.5, 0.6) is 0 Å². The molecule has 0 radical (unpaired) electrons. The topological polar surface area (TPSA) is 28.7 Å². The summed E-state index contributed by atoms with van der Waals surface area (Å²) in [7, 11) is 0. The highest BCUT2D eigenvalue weighted by Gasteiger charge is 2.01. The van der Waals surface area contributed by atoms with E-state index in [9.17, 15) is 0 Å². The normalized spacial score (nSPS) is 10.2. The largest absolute Gasteiger partial charge is 0.333 e. The lowest BCUT2D eigenvalue weighted by molar-refractivity contribution is 0.993. The third kappa shape index (κ3) is 2.85. The molecular formula is C11H9IN2S. The fourth-order valence-corrected chi connectivity index (χ4v) is 1.98. The second-order valence-corrected chi connectivity index (χ2v) is 4.73. The molecule has 0 bridgehead atoms. The van der Waals surface area contributed by atoms with Gasteiger partial charge in [-0.15, -0.1) is 0 Å². The molecule has 4 heteroatoms. The number of halogens is 1. The van der Waals surface area contributed by atoms with Gasteiger partial charge in [-0.2, -0.15) is 0 Å². The van der Waals surface area contributed by atoms with Gasteiger partial charge in [0, 0.05) is 18.3 Å². The number of H-pyrrole nitrogens is 1. The van der Waals surface area contributed by atoms with Crippen LogP contribution in [0.15, 0.2) is 36.5 Å². The number of benzene rings is 1. The highest BCUT2D eigenvalue weighted by Crippen LogP contribution is 2.12. The molecule has 0 unspecified atom stereocenters. The van der Waals surface area contributed by atoms with Crippen LogP contribution >= 0.6 is 34.8 Å². The average molecular weight is 328 g/mol. The van der Waals surface area contributed by atoms with Crippen LogP contribution in [0.2, 0.25) is 0 Å². The summed E-state index contributed by atoms with van der Waals surface area (Å²) >= 11 is 7.27. The van der Waals surface area contributed by atoms with Gasteiger partial charge in [-0.25, -0.2) is 4.98 Å². The van der Waals surface area contributed by atoms with E-state index in [4.69, 9.17) is 12.2 Å². The van der Waals surface area contributed by atoms with Gasteiger partial charge in [0.15, 0.2) is 4.77 Å². The molecule has 2 aromatic rings. The zero-order valence-electron chi connectivity index (χ0n) is 7.90. The fraction of sp³-hybridized carbons (Fsp3) is 0.0909. The molecule has 0 amide bonds. The van der Waals surface area contributed by atoms with Crippen LogP contribution in [0, 0.1) is 8.34 Å². The highest BCUT2D eigenvalue weighted by molar-refractivity contribution is 14.1. The Bertz CT molecular complexity index is 507. The van der Waals surface area contributed by atoms with E-state index in [-0.39, 0.29) is 0 Å². The molecule has 0 saturated heterocycles. The maximum atomic E-state index is 5.01. The zero-order chi connectivity index (χ0) is 10.7. The van der Waals surface area contributed by atoms with E-state index in [0.29, 0.717) is 4.77 Å². The van der Waals surface area contributed by atoms with Crippen molar-refractivity contribution in [2.24, 2.45) is 0 Å². The summed E-state index contributed by atoms with van der Waals surface area (Å²) in [6.07, 6.45) is 2.67. The fourth-order valence-electron chi connectivity index (χ4n) is 1.34. The molecule has 1 aromatic carbocycles. The Labute approximate surface area is 107 Å². The quantitative estimate of drug-likeness (QED) is 0.677. The van der Waals surface area contributed by atoms with Crippen molar-refractivity contribution in [3.63, 3.8) is 0 Å². The third-order valence-electron chi connectivity index (χ3n) is 2.06. The minimum absolute atomic E-state index is 0.543. The molecule has 0 saturated carbocycles. The van der Waals surface area contributed by atoms with Crippen molar-refractivity contribution in [2.75, 3.05) is 0 Å². The van der Waals surface area contributed by atoms with Gasteiger partial charge in [-0.1, -0.05) is 30.3 Å². The van der Waals surface area contributed by atoms with E-state index < -0.39 is 0 Å². The van der Waals surface area contributed by atoms with E-state index >= 15 is 0 Å². The zero-order valence-corrected chi connectivity index (χ0v) is 10.9. The van der Waals surface area contributed by atoms with Crippen molar-refractivity contribution in [1.82, 2.24) is 9.97 Å². The number of hydrogen-bond acceptors (Lipinski definition) is 2. The van der Waals surface area contributed by atoms with Crippen molar-refractivity contribution >= 4 is 34.8 Å². The highest BCUT2D eigenvalue weighted by atomic mass is 127. The van der Waals surface area contributed by atoms with E-state index in [1.54, 1.807) is 6.20 Å². The Kier molecular flexibility index (Phi) is 3.48. The second-order valence-electron chi connectivity index (χ2n) is 3.18. The Balaban J connectivity index is 2.32. The smallest absolute Gasteiger partial charge is 0.197 e. The molecule has 0 aliphatic rings. The lowest BCUT2D eigenvalue weighted by atomic mass is 10.1. The first-order valence-corrected chi connectivity index (χ1v) is 6.02. The molecule has 76 valence electrons. The van der Waals surface area contributed by atoms with Crippen LogP contribution in [0.4, 0.5) is 0 Å². The monoisotopic (exact) mass is 328 g/mol. The van der Waals surface area contributed by atoms with Crippen LogP contribution in [0.25, 0.3) is 0 Å². The van der Waals surface area contributed by atoms with Crippen molar-refractivity contribution in [3.05, 3.63) is 56.1 Å². The first-order valence-electron chi connectivity index (χ1n) is 4.53. The van der Waals surface area contributed by atoms with Crippen molar-refractivity contribution < 1.29 is 0 Å². The Hall–Kier alpha value is -0.750. The lowest BCUT2D eigenvalue weighted by Crippen LogP contribution is -1.97. The summed E-state index contributed by atoms with van der Waals surface area (Å²) in [4.78, 5) is 7.15. The molecule has 1 heterocycles. The summed E-state index contributed by atoms with van der Waals surface area (Å²) in [5.74, 6) is 0. The average Bonchev–Trinajstić information content (AvgIpc) is 2.25. The number of aromatic amines is 1. The summed E-state index contributed by atoms with van der Waals surface area (Å²) in [5, 5.41) is 0. The van der Waals surface area contributed by atoms with Crippen LogP contribution in [-0.4, -0.2) is 9.97 Å². The van der Waals surface area contributed by atoms with Gasteiger partial charge in [-0.3, -0.25) is 0 Å². The molecule has 0 fully saturated rings. The number of nitrogens with one attached hydrogen (secondary N) is 1. The Morgan fingerprint density at radius 1 is 1.27 bits per heavy atom. The molecule has 0 atom stereocenters. The molecular weight excluding hydrogens is 319 g/mol. The first kappa shape index (κ1) is 10.8. The van der Waals surface area contributed by atoms with Gasteiger partial charge < -0.3 is 4.98 Å². The Morgan fingerprint density at radius 3 is 2.73 bits per heavy atom. The van der Waals surface area contributed by atoms with Crippen LogP contribution in [-0.2, 0) is 6.42 Å². The summed E-state index contributed by atoms with van der Waals surface area (Å²) < 4.78 is 1.66. The summed E-state index contributed by atoms with van der Waals surface area (Å²) in [5.41, 5.74) is 2.40. The van der Waals surface area contributed by atoms with Gasteiger partial charge >= 0.3 is 0 Å². The Morgan fingerprint density at radius 2 is 2.00 bits per heavy atom. The molecule has 1 N–H and O–H groups in total. The van der Waals surface area contributed by atoms with E-state index in [2.05, 4.69) is 44.7 Å². The molecule has 1 aromatic heterocycles. The molecule has 15 heavy (non-hydrogen) atoms. The molecule has 0 aliphatic heterocycles. The van der Waals surface area contributed by atoms with Crippen LogP contribution in [0.1, 0.15) is 11.3 Å². The molecule has 0 aliphatic carbocycles. The summed E-state index contributed by atoms with van der Waals surface area (Å²) in [6.45, 7) is 0. The van der Waals surface area contributed by atoms with Gasteiger partial charge in [0.25, 0.3) is 0 Å².